The average molecular weight is 501 g/mol. The number of hydrogen-bond acceptors (Lipinski definition) is 2. The monoisotopic (exact) mass is 500 g/mol. The number of rotatable bonds is 8. The second kappa shape index (κ2) is 10.4. The predicted molar refractivity (Wildman–Crippen MR) is 149 cm³/mol. The Balaban J connectivity index is 1.65. The number of aryl methyl sites for hydroxylation is 2. The third-order valence-corrected chi connectivity index (χ3v) is 7.63. The van der Waals surface area contributed by atoms with E-state index in [1.807, 2.05) is 74.5 Å². The molecular formula is C32H34FO2P. The summed E-state index contributed by atoms with van der Waals surface area (Å²) in [5, 5.41) is 0. The average Bonchev–Trinajstić information content (AvgIpc) is 2.87. The molecule has 0 unspecified atom stereocenters. The van der Waals surface area contributed by atoms with Crippen LogP contribution >= 0.6 is 8.69 Å². The first-order valence-electron chi connectivity index (χ1n) is 12.2. The Morgan fingerprint density at radius 1 is 0.556 bits per heavy atom. The summed E-state index contributed by atoms with van der Waals surface area (Å²) in [6.45, 7) is 12.6. The van der Waals surface area contributed by atoms with E-state index in [1.165, 1.54) is 0 Å². The molecule has 0 aliphatic rings. The molecule has 0 heterocycles. The molecule has 0 radical (unpaired) electrons. The van der Waals surface area contributed by atoms with Crippen LogP contribution in [0.1, 0.15) is 61.1 Å². The van der Waals surface area contributed by atoms with Gasteiger partial charge in [-0.2, -0.15) is 0 Å². The van der Waals surface area contributed by atoms with E-state index in [4.69, 9.17) is 9.05 Å². The Bertz CT molecular complexity index is 1210. The van der Waals surface area contributed by atoms with Crippen LogP contribution in [0, 0.1) is 13.8 Å². The lowest BCUT2D eigenvalue weighted by molar-refractivity contribution is 0.424. The van der Waals surface area contributed by atoms with Gasteiger partial charge < -0.3 is 9.05 Å². The van der Waals surface area contributed by atoms with Crippen molar-refractivity contribution in [2.75, 3.05) is 0 Å². The van der Waals surface area contributed by atoms with Crippen molar-refractivity contribution in [3.63, 3.8) is 0 Å². The minimum atomic E-state index is -2.72. The van der Waals surface area contributed by atoms with Gasteiger partial charge in [-0.1, -0.05) is 124 Å². The normalized spacial score (nSPS) is 12.0. The van der Waals surface area contributed by atoms with Crippen LogP contribution in [0.2, 0.25) is 0 Å². The van der Waals surface area contributed by atoms with Crippen molar-refractivity contribution < 1.29 is 13.2 Å². The van der Waals surface area contributed by atoms with E-state index in [9.17, 15) is 0 Å². The molecule has 4 aromatic rings. The van der Waals surface area contributed by atoms with Crippen LogP contribution in [-0.2, 0) is 10.8 Å². The molecule has 4 rings (SSSR count). The Kier molecular flexibility index (Phi) is 7.52. The Morgan fingerprint density at radius 3 is 1.28 bits per heavy atom. The first-order valence-corrected chi connectivity index (χ1v) is 13.3. The molecule has 36 heavy (non-hydrogen) atoms. The maximum atomic E-state index is 15.5. The minimum absolute atomic E-state index is 0.372. The fraction of sp³-hybridized carbons (Fsp3) is 0.250. The second-order valence-corrected chi connectivity index (χ2v) is 11.2. The molecule has 0 atom stereocenters. The summed E-state index contributed by atoms with van der Waals surface area (Å²) >= 11 is 0. The molecule has 0 amide bonds. The quantitative estimate of drug-likeness (QED) is 0.224. The Hall–Kier alpha value is -3.16. The maximum Gasteiger partial charge on any atom is 0.505 e. The molecule has 0 saturated carbocycles. The molecule has 0 bridgehead atoms. The third kappa shape index (κ3) is 5.47. The van der Waals surface area contributed by atoms with Crippen molar-refractivity contribution in [1.82, 2.24) is 0 Å². The third-order valence-electron chi connectivity index (χ3n) is 6.95. The molecule has 186 valence electrons. The largest absolute Gasteiger partial charge is 0.505 e. The highest BCUT2D eigenvalue weighted by atomic mass is 31.2. The molecule has 2 nitrogen and oxygen atoms in total. The molecule has 0 N–H and O–H groups in total. The topological polar surface area (TPSA) is 18.5 Å². The first kappa shape index (κ1) is 25.9. The highest BCUT2D eigenvalue weighted by molar-refractivity contribution is 7.42. The Morgan fingerprint density at radius 2 is 0.917 bits per heavy atom. The van der Waals surface area contributed by atoms with Crippen molar-refractivity contribution >= 4 is 8.69 Å². The van der Waals surface area contributed by atoms with Crippen molar-refractivity contribution in [2.45, 2.75) is 52.4 Å². The van der Waals surface area contributed by atoms with Crippen molar-refractivity contribution in [1.29, 1.82) is 0 Å². The zero-order valence-corrected chi connectivity index (χ0v) is 22.8. The first-order chi connectivity index (χ1) is 17.1. The van der Waals surface area contributed by atoms with Gasteiger partial charge in [-0.05, 0) is 37.1 Å². The molecule has 0 spiro atoms. The van der Waals surface area contributed by atoms with Gasteiger partial charge in [0.05, 0.1) is 0 Å². The summed E-state index contributed by atoms with van der Waals surface area (Å²) < 4.78 is 27.3. The van der Waals surface area contributed by atoms with E-state index in [1.54, 1.807) is 0 Å². The van der Waals surface area contributed by atoms with E-state index in [-0.39, 0.29) is 10.8 Å². The van der Waals surface area contributed by atoms with E-state index in [2.05, 4.69) is 64.1 Å². The van der Waals surface area contributed by atoms with E-state index >= 15 is 4.20 Å². The number of hydrogen-bond donors (Lipinski definition) is 0. The zero-order chi connectivity index (χ0) is 25.9. The summed E-state index contributed by atoms with van der Waals surface area (Å²) in [7, 11) is -2.72. The molecule has 0 saturated heterocycles. The zero-order valence-electron chi connectivity index (χ0n) is 21.9. The molecule has 4 aromatic carbocycles. The van der Waals surface area contributed by atoms with E-state index in [0.717, 1.165) is 33.4 Å². The number of benzene rings is 4. The van der Waals surface area contributed by atoms with Crippen molar-refractivity contribution in [3.8, 4) is 11.5 Å². The summed E-state index contributed by atoms with van der Waals surface area (Å²) in [5.74, 6) is 0.998. The lowest BCUT2D eigenvalue weighted by atomic mass is 9.77. The second-order valence-electron chi connectivity index (χ2n) is 10.4. The lowest BCUT2D eigenvalue weighted by Crippen LogP contribution is -2.20. The van der Waals surface area contributed by atoms with Gasteiger partial charge in [0.1, 0.15) is 11.5 Å². The van der Waals surface area contributed by atoms with Gasteiger partial charge in [0.25, 0.3) is 0 Å². The maximum absolute atomic E-state index is 15.5. The van der Waals surface area contributed by atoms with Crippen LogP contribution in [0.3, 0.4) is 0 Å². The van der Waals surface area contributed by atoms with Crippen LogP contribution in [0.25, 0.3) is 0 Å². The van der Waals surface area contributed by atoms with E-state index in [0.29, 0.717) is 11.5 Å². The van der Waals surface area contributed by atoms with Gasteiger partial charge in [0.2, 0.25) is 0 Å². The summed E-state index contributed by atoms with van der Waals surface area (Å²) in [4.78, 5) is 0. The predicted octanol–water partition coefficient (Wildman–Crippen LogP) is 9.61. The highest BCUT2D eigenvalue weighted by Gasteiger charge is 2.31. The molecule has 0 aliphatic carbocycles. The Labute approximate surface area is 216 Å². The van der Waals surface area contributed by atoms with Gasteiger partial charge >= 0.3 is 8.69 Å². The van der Waals surface area contributed by atoms with Crippen LogP contribution in [0.5, 0.6) is 11.5 Å². The van der Waals surface area contributed by atoms with Crippen LogP contribution < -0.4 is 9.05 Å². The standard InChI is InChI=1S/C32H34FO2P/c1-23-17-19-29(27(21-23)31(3,4)25-13-9-7-10-14-25)34-36(33)35-30-20-18-24(2)22-28(30)32(5,6)26-15-11-8-12-16-26/h7-22H,1-6H3. The van der Waals surface area contributed by atoms with Gasteiger partial charge in [-0.15, -0.1) is 4.20 Å². The van der Waals surface area contributed by atoms with Gasteiger partial charge in [0, 0.05) is 22.0 Å². The summed E-state index contributed by atoms with van der Waals surface area (Å²) in [6.07, 6.45) is 0. The van der Waals surface area contributed by atoms with Crippen LogP contribution in [0.4, 0.5) is 4.20 Å². The van der Waals surface area contributed by atoms with Gasteiger partial charge in [-0.25, -0.2) is 0 Å². The van der Waals surface area contributed by atoms with Gasteiger partial charge in [0.15, 0.2) is 0 Å². The highest BCUT2D eigenvalue weighted by Crippen LogP contribution is 2.49. The molecule has 0 aromatic heterocycles. The van der Waals surface area contributed by atoms with E-state index < -0.39 is 8.69 Å². The van der Waals surface area contributed by atoms with Crippen molar-refractivity contribution in [2.24, 2.45) is 0 Å². The van der Waals surface area contributed by atoms with Crippen LogP contribution in [-0.4, -0.2) is 0 Å². The fourth-order valence-corrected chi connectivity index (χ4v) is 5.28. The molecular weight excluding hydrogens is 466 g/mol. The van der Waals surface area contributed by atoms with Gasteiger partial charge in [-0.3, -0.25) is 0 Å². The summed E-state index contributed by atoms with van der Waals surface area (Å²) in [6, 6.07) is 32.1. The smallest absolute Gasteiger partial charge is 0.414 e. The van der Waals surface area contributed by atoms with Crippen molar-refractivity contribution in [3.05, 3.63) is 130 Å². The molecule has 0 aliphatic heterocycles. The number of halogens is 1. The SMILES string of the molecule is Cc1ccc(OP(F)Oc2ccc(C)cc2C(C)(C)c2ccccc2)c(C(C)(C)c2ccccc2)c1. The lowest BCUT2D eigenvalue weighted by Gasteiger charge is -2.30. The summed E-state index contributed by atoms with van der Waals surface area (Å²) in [5.41, 5.74) is 5.57. The van der Waals surface area contributed by atoms with Crippen LogP contribution in [0.15, 0.2) is 97.1 Å². The molecule has 0 fully saturated rings. The molecule has 4 heteroatoms. The fourth-order valence-electron chi connectivity index (χ4n) is 4.62. The minimum Gasteiger partial charge on any atom is -0.414 e.